The number of rotatable bonds is 4. The number of anilines is 1. The van der Waals surface area contributed by atoms with Crippen LogP contribution in [0.15, 0.2) is 36.4 Å². The van der Waals surface area contributed by atoms with Crippen LogP contribution in [0.4, 0.5) is 5.69 Å². The molecule has 0 N–H and O–H groups in total. The highest BCUT2D eigenvalue weighted by molar-refractivity contribution is 6.17. The number of para-hydroxylation sites is 1. The lowest BCUT2D eigenvalue weighted by Crippen LogP contribution is -2.38. The van der Waals surface area contributed by atoms with Crippen LogP contribution >= 0.6 is 0 Å². The first-order valence-corrected chi connectivity index (χ1v) is 12.1. The summed E-state index contributed by atoms with van der Waals surface area (Å²) in [5.74, 6) is 0. The highest BCUT2D eigenvalue weighted by atomic mass is 16.5. The first kappa shape index (κ1) is 20.0. The maximum atomic E-state index is 5.52. The number of fused-ring (bicyclic) bond motifs is 5. The molecule has 0 radical (unpaired) electrons. The van der Waals surface area contributed by atoms with Crippen molar-refractivity contribution in [2.45, 2.75) is 33.2 Å². The maximum absolute atomic E-state index is 5.52. The Hall–Kier alpha value is -2.63. The zero-order valence-corrected chi connectivity index (χ0v) is 19.2. The van der Waals surface area contributed by atoms with Gasteiger partial charge in [-0.3, -0.25) is 4.90 Å². The van der Waals surface area contributed by atoms with Crippen molar-refractivity contribution in [3.05, 3.63) is 47.5 Å². The van der Waals surface area contributed by atoms with E-state index in [0.29, 0.717) is 0 Å². The molecule has 4 heterocycles. The Morgan fingerprint density at radius 3 is 2.69 bits per heavy atom. The second-order valence-electron chi connectivity index (χ2n) is 9.45. The summed E-state index contributed by atoms with van der Waals surface area (Å²) in [6.45, 7) is 12.7. The van der Waals surface area contributed by atoms with E-state index in [1.807, 2.05) is 0 Å². The molecular formula is C27H32N4O. The van der Waals surface area contributed by atoms with E-state index in [4.69, 9.17) is 9.72 Å². The molecule has 2 aliphatic heterocycles. The summed E-state index contributed by atoms with van der Waals surface area (Å²) >= 11 is 0. The lowest BCUT2D eigenvalue weighted by atomic mass is 10.1. The summed E-state index contributed by atoms with van der Waals surface area (Å²) in [5.41, 5.74) is 9.00. The van der Waals surface area contributed by atoms with Crippen LogP contribution < -0.4 is 4.90 Å². The fourth-order valence-corrected chi connectivity index (χ4v) is 5.82. The van der Waals surface area contributed by atoms with E-state index >= 15 is 0 Å². The monoisotopic (exact) mass is 428 g/mol. The van der Waals surface area contributed by atoms with Gasteiger partial charge in [0.25, 0.3) is 0 Å². The van der Waals surface area contributed by atoms with Gasteiger partial charge < -0.3 is 14.2 Å². The van der Waals surface area contributed by atoms with Gasteiger partial charge in [0, 0.05) is 50.0 Å². The van der Waals surface area contributed by atoms with Crippen molar-refractivity contribution in [3.63, 3.8) is 0 Å². The molecule has 0 aliphatic carbocycles. The average molecular weight is 429 g/mol. The summed E-state index contributed by atoms with van der Waals surface area (Å²) in [4.78, 5) is 10.4. The second kappa shape index (κ2) is 8.05. The van der Waals surface area contributed by atoms with Gasteiger partial charge in [-0.25, -0.2) is 4.98 Å². The van der Waals surface area contributed by atoms with Crippen LogP contribution in [0.2, 0.25) is 0 Å². The third kappa shape index (κ3) is 3.26. The fraction of sp³-hybridized carbons (Fsp3) is 0.444. The topological polar surface area (TPSA) is 33.5 Å². The molecule has 32 heavy (non-hydrogen) atoms. The molecule has 2 aliphatic rings. The number of aromatic nitrogens is 2. The minimum absolute atomic E-state index is 0.873. The van der Waals surface area contributed by atoms with Crippen LogP contribution in [0.5, 0.6) is 0 Å². The predicted molar refractivity (Wildman–Crippen MR) is 133 cm³/mol. The van der Waals surface area contributed by atoms with E-state index < -0.39 is 0 Å². The zero-order valence-electron chi connectivity index (χ0n) is 19.2. The molecule has 4 aromatic rings. The van der Waals surface area contributed by atoms with Crippen molar-refractivity contribution in [1.29, 1.82) is 0 Å². The Labute approximate surface area is 189 Å². The summed E-state index contributed by atoms with van der Waals surface area (Å²) in [6, 6.07) is 13.4. The highest BCUT2D eigenvalue weighted by Crippen LogP contribution is 2.42. The minimum atomic E-state index is 0.873. The third-order valence-corrected chi connectivity index (χ3v) is 7.23. The molecule has 0 bridgehead atoms. The number of aryl methyl sites for hydroxylation is 3. The van der Waals surface area contributed by atoms with Gasteiger partial charge in [-0.05, 0) is 49.9 Å². The Bertz CT molecular complexity index is 1300. The summed E-state index contributed by atoms with van der Waals surface area (Å²) in [6.07, 6.45) is 2.34. The molecular weight excluding hydrogens is 396 g/mol. The fourth-order valence-electron chi connectivity index (χ4n) is 5.82. The normalized spacial score (nSPS) is 17.5. The number of nitrogens with zero attached hydrogens (tertiary/aromatic N) is 4. The van der Waals surface area contributed by atoms with Gasteiger partial charge in [-0.2, -0.15) is 0 Å². The molecule has 0 spiro atoms. The van der Waals surface area contributed by atoms with E-state index in [2.05, 4.69) is 64.6 Å². The first-order valence-electron chi connectivity index (χ1n) is 12.1. The number of hydrogen-bond acceptors (Lipinski definition) is 4. The lowest BCUT2D eigenvalue weighted by molar-refractivity contribution is 0.0376. The number of morpholine rings is 1. The van der Waals surface area contributed by atoms with Crippen LogP contribution in [0.3, 0.4) is 0 Å². The van der Waals surface area contributed by atoms with E-state index in [-0.39, 0.29) is 0 Å². The van der Waals surface area contributed by atoms with Gasteiger partial charge >= 0.3 is 0 Å². The standard InChI is InChI=1S/C27H32N4O/c1-19-17-20(2)24-23(18-19)31-12-6-11-30(10-5-9-29-13-15-32-16-14-29)26-21-7-3-4-8-22(21)28-25(24)27(26)31/h3-4,7-8,17-18H,5-6,9-16H2,1-2H3. The largest absolute Gasteiger partial charge is 0.379 e. The molecule has 166 valence electrons. The zero-order chi connectivity index (χ0) is 21.7. The smallest absolute Gasteiger partial charge is 0.0991 e. The van der Waals surface area contributed by atoms with Crippen molar-refractivity contribution in [2.75, 3.05) is 50.8 Å². The van der Waals surface area contributed by atoms with Gasteiger partial charge in [-0.1, -0.05) is 24.3 Å². The van der Waals surface area contributed by atoms with Crippen LogP contribution in [-0.2, 0) is 11.3 Å². The lowest BCUT2D eigenvalue weighted by Gasteiger charge is -2.29. The molecule has 0 atom stereocenters. The Morgan fingerprint density at radius 2 is 1.81 bits per heavy atom. The molecule has 0 unspecified atom stereocenters. The molecule has 0 amide bonds. The van der Waals surface area contributed by atoms with E-state index in [0.717, 1.165) is 64.4 Å². The van der Waals surface area contributed by atoms with Gasteiger partial charge in [0.2, 0.25) is 0 Å². The van der Waals surface area contributed by atoms with Crippen molar-refractivity contribution in [1.82, 2.24) is 14.5 Å². The molecule has 2 aromatic heterocycles. The Morgan fingerprint density at radius 1 is 0.969 bits per heavy atom. The Kier molecular flexibility index (Phi) is 5.04. The quantitative estimate of drug-likeness (QED) is 0.463. The molecule has 2 aromatic carbocycles. The van der Waals surface area contributed by atoms with Crippen molar-refractivity contribution in [2.24, 2.45) is 0 Å². The molecule has 1 fully saturated rings. The number of ether oxygens (including phenoxy) is 1. The van der Waals surface area contributed by atoms with Crippen molar-refractivity contribution < 1.29 is 4.74 Å². The molecule has 1 saturated heterocycles. The van der Waals surface area contributed by atoms with E-state index in [1.165, 1.54) is 50.6 Å². The molecule has 5 nitrogen and oxygen atoms in total. The van der Waals surface area contributed by atoms with Gasteiger partial charge in [-0.15, -0.1) is 0 Å². The van der Waals surface area contributed by atoms with Crippen molar-refractivity contribution in [3.8, 4) is 0 Å². The van der Waals surface area contributed by atoms with Crippen LogP contribution in [0, 0.1) is 13.8 Å². The van der Waals surface area contributed by atoms with Crippen molar-refractivity contribution >= 4 is 38.5 Å². The summed E-state index contributed by atoms with van der Waals surface area (Å²) < 4.78 is 8.08. The van der Waals surface area contributed by atoms with Gasteiger partial charge in [0.15, 0.2) is 0 Å². The third-order valence-electron chi connectivity index (χ3n) is 7.23. The molecule has 5 heteroatoms. The SMILES string of the molecule is Cc1cc(C)c2c3nc4ccccc4c4c3n(c2c1)CCCN4CCCN1CCOCC1. The van der Waals surface area contributed by atoms with Crippen LogP contribution in [-0.4, -0.2) is 60.4 Å². The van der Waals surface area contributed by atoms with Gasteiger partial charge in [0.1, 0.15) is 0 Å². The van der Waals surface area contributed by atoms with E-state index in [1.54, 1.807) is 0 Å². The predicted octanol–water partition coefficient (Wildman–Crippen LogP) is 4.89. The minimum Gasteiger partial charge on any atom is -0.379 e. The summed E-state index contributed by atoms with van der Waals surface area (Å²) in [7, 11) is 0. The number of pyridine rings is 1. The Balaban J connectivity index is 1.50. The number of hydrogen-bond donors (Lipinski definition) is 0. The first-order chi connectivity index (χ1) is 15.7. The van der Waals surface area contributed by atoms with Gasteiger partial charge in [0.05, 0.1) is 41.0 Å². The highest BCUT2D eigenvalue weighted by Gasteiger charge is 2.25. The van der Waals surface area contributed by atoms with Crippen LogP contribution in [0.1, 0.15) is 24.0 Å². The number of benzene rings is 2. The molecule has 6 rings (SSSR count). The molecule has 0 saturated carbocycles. The average Bonchev–Trinajstić information content (AvgIpc) is 2.97. The van der Waals surface area contributed by atoms with Crippen LogP contribution in [0.25, 0.3) is 32.8 Å². The second-order valence-corrected chi connectivity index (χ2v) is 9.45. The maximum Gasteiger partial charge on any atom is 0.0991 e. The van der Waals surface area contributed by atoms with E-state index in [9.17, 15) is 0 Å². The summed E-state index contributed by atoms with van der Waals surface area (Å²) in [5, 5.41) is 2.61.